The second kappa shape index (κ2) is 10.9. The zero-order valence-corrected chi connectivity index (χ0v) is 20.8. The second-order valence-electron chi connectivity index (χ2n) is 8.95. The van der Waals surface area contributed by atoms with Gasteiger partial charge in [-0.3, -0.25) is 4.99 Å². The van der Waals surface area contributed by atoms with Gasteiger partial charge in [0.1, 0.15) is 17.5 Å². The van der Waals surface area contributed by atoms with Crippen molar-refractivity contribution in [1.29, 1.82) is 0 Å². The van der Waals surface area contributed by atoms with Gasteiger partial charge in [-0.2, -0.15) is 18.2 Å². The third kappa shape index (κ3) is 5.40. The maximum Gasteiger partial charge on any atom is 0.419 e. The Balaban J connectivity index is 1.52. The van der Waals surface area contributed by atoms with E-state index in [2.05, 4.69) is 9.98 Å². The molecule has 2 saturated heterocycles. The van der Waals surface area contributed by atoms with E-state index < -0.39 is 11.7 Å². The maximum atomic E-state index is 14.2. The topological polar surface area (TPSA) is 70.0 Å². The molecule has 0 unspecified atom stereocenters. The number of morpholine rings is 1. The van der Waals surface area contributed by atoms with Crippen molar-refractivity contribution in [3.8, 4) is 11.3 Å². The highest BCUT2D eigenvalue weighted by Gasteiger charge is 2.36. The molecule has 4 heterocycles. The molecule has 0 spiro atoms. The van der Waals surface area contributed by atoms with Crippen molar-refractivity contribution in [3.63, 3.8) is 0 Å². The highest BCUT2D eigenvalue weighted by Crippen LogP contribution is 2.36. The van der Waals surface area contributed by atoms with E-state index in [9.17, 15) is 17.6 Å². The predicted molar refractivity (Wildman–Crippen MR) is 138 cm³/mol. The third-order valence-electron chi connectivity index (χ3n) is 6.53. The smallest absolute Gasteiger partial charge is 0.378 e. The molecule has 12 heteroatoms. The largest absolute Gasteiger partial charge is 0.419 e. The minimum Gasteiger partial charge on any atom is -0.378 e. The summed E-state index contributed by atoms with van der Waals surface area (Å²) in [6.45, 7) is 3.73. The summed E-state index contributed by atoms with van der Waals surface area (Å²) in [5, 5.41) is 0. The average molecular weight is 530 g/mol. The minimum absolute atomic E-state index is 0.0767. The van der Waals surface area contributed by atoms with Crippen molar-refractivity contribution in [3.05, 3.63) is 59.5 Å². The van der Waals surface area contributed by atoms with Crippen LogP contribution in [0.1, 0.15) is 11.1 Å². The number of anilines is 3. The molecule has 0 atom stereocenters. The Hall–Kier alpha value is -3.80. The summed E-state index contributed by atoms with van der Waals surface area (Å²) in [6.07, 6.45) is -1.48. The molecule has 2 aromatic heterocycles. The van der Waals surface area contributed by atoms with Gasteiger partial charge in [0, 0.05) is 64.3 Å². The molecule has 2 fully saturated rings. The zero-order chi connectivity index (χ0) is 26.7. The van der Waals surface area contributed by atoms with Crippen molar-refractivity contribution in [2.75, 3.05) is 74.2 Å². The lowest BCUT2D eigenvalue weighted by Crippen LogP contribution is -2.48. The number of hydrogen-bond acceptors (Lipinski definition) is 8. The van der Waals surface area contributed by atoms with Gasteiger partial charge in [0.2, 0.25) is 5.95 Å². The van der Waals surface area contributed by atoms with E-state index in [1.807, 2.05) is 9.80 Å². The van der Waals surface area contributed by atoms with Crippen LogP contribution in [0.4, 0.5) is 35.1 Å². The Morgan fingerprint density at radius 3 is 2.26 bits per heavy atom. The Morgan fingerprint density at radius 2 is 1.61 bits per heavy atom. The van der Waals surface area contributed by atoms with Crippen molar-refractivity contribution in [2.45, 2.75) is 6.18 Å². The summed E-state index contributed by atoms with van der Waals surface area (Å²) >= 11 is 0. The van der Waals surface area contributed by atoms with Gasteiger partial charge >= 0.3 is 6.18 Å². The lowest BCUT2D eigenvalue weighted by atomic mass is 10.1. The first kappa shape index (κ1) is 25.8. The first-order chi connectivity index (χ1) is 18.3. The number of aromatic nitrogens is 3. The second-order valence-corrected chi connectivity index (χ2v) is 8.95. The van der Waals surface area contributed by atoms with Crippen molar-refractivity contribution in [2.24, 2.45) is 4.99 Å². The maximum absolute atomic E-state index is 14.2. The summed E-state index contributed by atoms with van der Waals surface area (Å²) in [5.74, 6) is 0.622. The number of aliphatic imine (C=N–C) groups is 1. The summed E-state index contributed by atoms with van der Waals surface area (Å²) in [6, 6.07) is 8.53. The summed E-state index contributed by atoms with van der Waals surface area (Å²) in [5.41, 5.74) is 0.989. The number of alkyl halides is 3. The Morgan fingerprint density at radius 1 is 0.895 bits per heavy atom. The van der Waals surface area contributed by atoms with Crippen LogP contribution < -0.4 is 14.7 Å². The molecule has 5 rings (SSSR count). The van der Waals surface area contributed by atoms with Crippen LogP contribution in [0.3, 0.4) is 0 Å². The molecule has 0 aliphatic carbocycles. The van der Waals surface area contributed by atoms with Gasteiger partial charge in [-0.25, -0.2) is 14.4 Å². The van der Waals surface area contributed by atoms with Crippen molar-refractivity contribution in [1.82, 2.24) is 15.0 Å². The third-order valence-corrected chi connectivity index (χ3v) is 6.53. The first-order valence-corrected chi connectivity index (χ1v) is 12.3. The molecule has 2 aliphatic heterocycles. The minimum atomic E-state index is -4.49. The molecule has 0 N–H and O–H groups in total. The Kier molecular flexibility index (Phi) is 7.41. The molecular formula is C26H27F4N7O. The van der Waals surface area contributed by atoms with E-state index in [4.69, 9.17) is 14.7 Å². The summed E-state index contributed by atoms with van der Waals surface area (Å²) in [7, 11) is 1.63. The molecule has 0 saturated carbocycles. The van der Waals surface area contributed by atoms with E-state index >= 15 is 0 Å². The van der Waals surface area contributed by atoms with E-state index in [1.165, 1.54) is 24.4 Å². The van der Waals surface area contributed by atoms with Gasteiger partial charge in [0.05, 0.1) is 30.0 Å². The quantitative estimate of drug-likeness (QED) is 0.367. The fourth-order valence-electron chi connectivity index (χ4n) is 4.70. The number of ether oxygens (including phenoxy) is 1. The van der Waals surface area contributed by atoms with E-state index in [-0.39, 0.29) is 11.6 Å². The van der Waals surface area contributed by atoms with Crippen LogP contribution in [0.5, 0.6) is 0 Å². The molecule has 0 amide bonds. The number of rotatable bonds is 5. The number of pyridine rings is 1. The number of halogens is 4. The van der Waals surface area contributed by atoms with Crippen LogP contribution in [0.25, 0.3) is 11.3 Å². The number of nitrogens with zero attached hydrogens (tertiary/aromatic N) is 7. The van der Waals surface area contributed by atoms with E-state index in [0.717, 1.165) is 6.07 Å². The van der Waals surface area contributed by atoms with Gasteiger partial charge in [-0.15, -0.1) is 0 Å². The van der Waals surface area contributed by atoms with Gasteiger partial charge in [0.25, 0.3) is 0 Å². The molecule has 8 nitrogen and oxygen atoms in total. The average Bonchev–Trinajstić information content (AvgIpc) is 2.93. The first-order valence-electron chi connectivity index (χ1n) is 12.3. The van der Waals surface area contributed by atoms with Crippen LogP contribution >= 0.6 is 0 Å². The van der Waals surface area contributed by atoms with Crippen LogP contribution in [0.2, 0.25) is 0 Å². The van der Waals surface area contributed by atoms with Gasteiger partial charge in [-0.1, -0.05) is 12.1 Å². The Labute approximate surface area is 217 Å². The molecule has 2 aliphatic rings. The summed E-state index contributed by atoms with van der Waals surface area (Å²) < 4.78 is 60.4. The fourth-order valence-corrected chi connectivity index (χ4v) is 4.70. The molecule has 38 heavy (non-hydrogen) atoms. The van der Waals surface area contributed by atoms with Gasteiger partial charge < -0.3 is 19.4 Å². The van der Waals surface area contributed by atoms with Crippen LogP contribution in [0, 0.1) is 5.82 Å². The number of benzene rings is 1. The normalized spacial score (nSPS) is 16.9. The lowest BCUT2D eigenvalue weighted by Gasteiger charge is -2.38. The highest BCUT2D eigenvalue weighted by molar-refractivity contribution is 5.95. The van der Waals surface area contributed by atoms with Crippen LogP contribution in [-0.2, 0) is 10.9 Å². The fraction of sp³-hybridized carbons (Fsp3) is 0.385. The van der Waals surface area contributed by atoms with Gasteiger partial charge in [0.15, 0.2) is 0 Å². The monoisotopic (exact) mass is 529 g/mol. The van der Waals surface area contributed by atoms with E-state index in [1.54, 1.807) is 30.3 Å². The molecule has 0 radical (unpaired) electrons. The predicted octanol–water partition coefficient (Wildman–Crippen LogP) is 3.91. The number of piperazine rings is 1. The number of hydrogen-bond donors (Lipinski definition) is 0. The van der Waals surface area contributed by atoms with Crippen molar-refractivity contribution < 1.29 is 22.3 Å². The summed E-state index contributed by atoms with van der Waals surface area (Å²) in [4.78, 5) is 23.6. The van der Waals surface area contributed by atoms with Crippen molar-refractivity contribution >= 4 is 23.8 Å². The molecular weight excluding hydrogens is 502 g/mol. The lowest BCUT2D eigenvalue weighted by molar-refractivity contribution is -0.137. The molecule has 0 bridgehead atoms. The van der Waals surface area contributed by atoms with Crippen LogP contribution in [-0.4, -0.2) is 80.7 Å². The van der Waals surface area contributed by atoms with Gasteiger partial charge in [-0.05, 0) is 24.3 Å². The van der Waals surface area contributed by atoms with Crippen LogP contribution in [0.15, 0.2) is 47.6 Å². The molecule has 200 valence electrons. The SMILES string of the molecule is CN=Cc1c(-c2cccc(F)c2)nc(N2CCOCC2)nc1N1CCN(c2ncccc2C(F)(F)F)CC1. The molecule has 1 aromatic carbocycles. The van der Waals surface area contributed by atoms with E-state index in [0.29, 0.717) is 81.1 Å². The molecule has 3 aromatic rings. The zero-order valence-electron chi connectivity index (χ0n) is 20.8. The highest BCUT2D eigenvalue weighted by atomic mass is 19.4. The standard InChI is InChI=1S/C26H27F4N7O/c1-31-17-20-22(18-4-2-5-19(27)16-18)33-25(37-12-14-38-15-13-37)34-23(20)35-8-10-36(11-9-35)24-21(26(28,29)30)6-3-7-32-24/h2-7,16-17H,8-15H2,1H3. The Bertz CT molecular complexity index is 1300.